The van der Waals surface area contributed by atoms with Crippen molar-refractivity contribution in [2.24, 2.45) is 0 Å². The highest BCUT2D eigenvalue weighted by molar-refractivity contribution is 6.36. The number of aromatic nitrogens is 4. The number of carbonyl (C=O) groups is 1. The van der Waals surface area contributed by atoms with Gasteiger partial charge in [0.05, 0.1) is 11.5 Å². The highest BCUT2D eigenvalue weighted by atomic mass is 35.5. The Morgan fingerprint density at radius 2 is 1.93 bits per heavy atom. The van der Waals surface area contributed by atoms with Gasteiger partial charge in [-0.15, -0.1) is 0 Å². The van der Waals surface area contributed by atoms with Crippen molar-refractivity contribution >= 4 is 52.2 Å². The predicted octanol–water partition coefficient (Wildman–Crippen LogP) is 3.94. The molecule has 0 bridgehead atoms. The predicted molar refractivity (Wildman–Crippen MR) is 105 cm³/mol. The average Bonchev–Trinajstić information content (AvgIpc) is 3.14. The Bertz CT molecular complexity index is 1040. The molecule has 28 heavy (non-hydrogen) atoms. The summed E-state index contributed by atoms with van der Waals surface area (Å²) >= 11 is 18.4. The first-order valence-electron chi connectivity index (χ1n) is 7.88. The van der Waals surface area contributed by atoms with E-state index in [0.717, 1.165) is 6.20 Å². The van der Waals surface area contributed by atoms with Gasteiger partial charge in [0.2, 0.25) is 5.91 Å². The molecule has 0 aliphatic heterocycles. The maximum Gasteiger partial charge on any atom is 0.309 e. The van der Waals surface area contributed by atoms with Crippen LogP contribution in [0.4, 0.5) is 11.5 Å². The van der Waals surface area contributed by atoms with Crippen LogP contribution in [0.25, 0.3) is 0 Å². The fourth-order valence-corrected chi connectivity index (χ4v) is 3.21. The average molecular weight is 444 g/mol. The van der Waals surface area contributed by atoms with Crippen LogP contribution in [0.2, 0.25) is 15.1 Å². The van der Waals surface area contributed by atoms with Crippen LogP contribution >= 0.6 is 34.8 Å². The van der Waals surface area contributed by atoms with Gasteiger partial charge in [0.1, 0.15) is 23.5 Å². The van der Waals surface area contributed by atoms with Crippen LogP contribution in [0, 0.1) is 17.0 Å². The Labute approximate surface area is 173 Å². The zero-order valence-corrected chi connectivity index (χ0v) is 16.7. The van der Waals surface area contributed by atoms with Crippen molar-refractivity contribution in [3.8, 4) is 0 Å². The number of anilines is 1. The fraction of sp³-hybridized carbons (Fsp3) is 0.188. The zero-order valence-electron chi connectivity index (χ0n) is 14.4. The second kappa shape index (κ2) is 8.17. The van der Waals surface area contributed by atoms with E-state index in [4.69, 9.17) is 34.8 Å². The summed E-state index contributed by atoms with van der Waals surface area (Å²) in [4.78, 5) is 22.5. The molecule has 0 aliphatic rings. The number of hydrogen-bond donors (Lipinski definition) is 1. The maximum absolute atomic E-state index is 12.2. The smallest absolute Gasteiger partial charge is 0.306 e. The van der Waals surface area contributed by atoms with E-state index in [0.29, 0.717) is 15.6 Å². The van der Waals surface area contributed by atoms with Crippen molar-refractivity contribution in [2.45, 2.75) is 20.0 Å². The third kappa shape index (κ3) is 4.27. The van der Waals surface area contributed by atoms with Crippen molar-refractivity contribution in [2.75, 3.05) is 5.32 Å². The molecule has 0 saturated heterocycles. The summed E-state index contributed by atoms with van der Waals surface area (Å²) in [5.41, 5.74) is 0.777. The molecule has 0 spiro atoms. The van der Waals surface area contributed by atoms with E-state index in [2.05, 4.69) is 15.5 Å². The number of rotatable bonds is 6. The summed E-state index contributed by atoms with van der Waals surface area (Å²) in [5, 5.41) is 22.7. The first kappa shape index (κ1) is 20.1. The molecule has 0 unspecified atom stereocenters. The number of amides is 1. The number of nitrogens with zero attached hydrogens (tertiary/aromatic N) is 5. The van der Waals surface area contributed by atoms with E-state index in [9.17, 15) is 14.9 Å². The highest BCUT2D eigenvalue weighted by Gasteiger charge is 2.19. The van der Waals surface area contributed by atoms with Crippen LogP contribution in [0.15, 0.2) is 30.6 Å². The van der Waals surface area contributed by atoms with Crippen molar-refractivity contribution in [3.63, 3.8) is 0 Å². The topological polar surface area (TPSA) is 108 Å². The molecular formula is C16H13Cl3N6O3. The van der Waals surface area contributed by atoms with Gasteiger partial charge < -0.3 is 5.32 Å². The van der Waals surface area contributed by atoms with E-state index in [-0.39, 0.29) is 35.3 Å². The van der Waals surface area contributed by atoms with Crippen LogP contribution in [0.1, 0.15) is 11.3 Å². The second-order valence-electron chi connectivity index (χ2n) is 5.80. The molecule has 3 rings (SSSR count). The van der Waals surface area contributed by atoms with Crippen molar-refractivity contribution in [1.29, 1.82) is 0 Å². The number of hydrogen-bond acceptors (Lipinski definition) is 5. The van der Waals surface area contributed by atoms with E-state index in [1.165, 1.54) is 22.5 Å². The minimum absolute atomic E-state index is 0.147. The molecule has 0 atom stereocenters. The normalized spacial score (nSPS) is 10.9. The SMILES string of the molecule is Cc1c([N+](=O)[O-])cnn1CC(=O)Nc1nn(Cc2c(Cl)cccc2Cl)cc1Cl. The second-order valence-corrected chi connectivity index (χ2v) is 7.02. The number of carbonyl (C=O) groups excluding carboxylic acids is 1. The van der Waals surface area contributed by atoms with E-state index in [1.54, 1.807) is 18.2 Å². The Kier molecular flexibility index (Phi) is 5.87. The van der Waals surface area contributed by atoms with Crippen LogP contribution in [0.5, 0.6) is 0 Å². The lowest BCUT2D eigenvalue weighted by Crippen LogP contribution is -2.21. The van der Waals surface area contributed by atoms with Gasteiger partial charge in [0.25, 0.3) is 0 Å². The van der Waals surface area contributed by atoms with Gasteiger partial charge in [-0.1, -0.05) is 40.9 Å². The van der Waals surface area contributed by atoms with Gasteiger partial charge in [0.15, 0.2) is 5.82 Å². The summed E-state index contributed by atoms with van der Waals surface area (Å²) < 4.78 is 2.72. The molecule has 1 N–H and O–H groups in total. The van der Waals surface area contributed by atoms with Gasteiger partial charge >= 0.3 is 5.69 Å². The molecule has 2 aromatic heterocycles. The van der Waals surface area contributed by atoms with E-state index < -0.39 is 10.8 Å². The van der Waals surface area contributed by atoms with Crippen molar-refractivity contribution < 1.29 is 9.72 Å². The standard InChI is InChI=1S/C16H13Cl3N6O3/c1-9-14(25(27)28)5-20-24(9)8-15(26)21-16-13(19)7-23(22-16)6-10-11(17)3-2-4-12(10)18/h2-5,7H,6,8H2,1H3,(H,21,22,26). The van der Waals surface area contributed by atoms with Gasteiger partial charge in [-0.25, -0.2) is 0 Å². The molecule has 1 aromatic carbocycles. The summed E-state index contributed by atoms with van der Waals surface area (Å²) in [6.07, 6.45) is 2.62. The monoisotopic (exact) mass is 442 g/mol. The summed E-state index contributed by atoms with van der Waals surface area (Å²) in [7, 11) is 0. The van der Waals surface area contributed by atoms with Crippen LogP contribution in [0.3, 0.4) is 0 Å². The summed E-state index contributed by atoms with van der Waals surface area (Å²) in [5.74, 6) is -0.335. The van der Waals surface area contributed by atoms with Gasteiger partial charge in [-0.3, -0.25) is 24.3 Å². The molecule has 0 radical (unpaired) electrons. The first-order chi connectivity index (χ1) is 13.3. The first-order valence-corrected chi connectivity index (χ1v) is 9.02. The Hall–Kier alpha value is -2.62. The van der Waals surface area contributed by atoms with Gasteiger partial charge in [-0.2, -0.15) is 10.2 Å². The Balaban J connectivity index is 1.71. The van der Waals surface area contributed by atoms with Crippen molar-refractivity contribution in [3.05, 3.63) is 67.0 Å². The van der Waals surface area contributed by atoms with Crippen molar-refractivity contribution in [1.82, 2.24) is 19.6 Å². The minimum Gasteiger partial charge on any atom is -0.306 e. The summed E-state index contributed by atoms with van der Waals surface area (Å²) in [6, 6.07) is 5.15. The van der Waals surface area contributed by atoms with Crippen LogP contribution < -0.4 is 5.32 Å². The number of halogens is 3. The molecule has 1 amide bonds. The Morgan fingerprint density at radius 3 is 2.54 bits per heavy atom. The molecule has 146 valence electrons. The number of nitro groups is 1. The summed E-state index contributed by atoms with van der Waals surface area (Å²) in [6.45, 7) is 1.55. The largest absolute Gasteiger partial charge is 0.309 e. The van der Waals surface area contributed by atoms with Gasteiger partial charge in [-0.05, 0) is 19.1 Å². The quantitative estimate of drug-likeness (QED) is 0.458. The highest BCUT2D eigenvalue weighted by Crippen LogP contribution is 2.27. The maximum atomic E-state index is 12.2. The lowest BCUT2D eigenvalue weighted by molar-refractivity contribution is -0.385. The number of benzene rings is 1. The minimum atomic E-state index is -0.560. The number of nitrogens with one attached hydrogen (secondary N) is 1. The zero-order chi connectivity index (χ0) is 20.4. The molecule has 0 fully saturated rings. The van der Waals surface area contributed by atoms with E-state index in [1.807, 2.05) is 0 Å². The molecular weight excluding hydrogens is 431 g/mol. The lowest BCUT2D eigenvalue weighted by atomic mass is 10.2. The molecule has 9 nitrogen and oxygen atoms in total. The molecule has 0 saturated carbocycles. The van der Waals surface area contributed by atoms with E-state index >= 15 is 0 Å². The van der Waals surface area contributed by atoms with Gasteiger partial charge in [0, 0.05) is 21.8 Å². The third-order valence-corrected chi connectivity index (χ3v) is 4.91. The molecule has 12 heteroatoms. The molecule has 0 aliphatic carbocycles. The lowest BCUT2D eigenvalue weighted by Gasteiger charge is -2.07. The van der Waals surface area contributed by atoms with Crippen LogP contribution in [-0.4, -0.2) is 30.4 Å². The molecule has 2 heterocycles. The third-order valence-electron chi connectivity index (χ3n) is 3.92. The van der Waals surface area contributed by atoms with Crippen LogP contribution in [-0.2, 0) is 17.9 Å². The fourth-order valence-electron chi connectivity index (χ4n) is 2.49. The Morgan fingerprint density at radius 1 is 1.25 bits per heavy atom. The molecule has 3 aromatic rings.